The molecule has 176 valence electrons. The van der Waals surface area contributed by atoms with E-state index in [4.69, 9.17) is 4.74 Å². The number of aliphatic hydroxyl groups excluding tert-OH is 1. The van der Waals surface area contributed by atoms with Gasteiger partial charge in [-0.25, -0.2) is 4.98 Å². The minimum absolute atomic E-state index is 0. The Balaban J connectivity index is 0.00000274. The number of thiazole rings is 1. The summed E-state index contributed by atoms with van der Waals surface area (Å²) in [6.45, 7) is 2.38. The highest BCUT2D eigenvalue weighted by Gasteiger charge is 2.20. The predicted octanol–water partition coefficient (Wildman–Crippen LogP) is 5.21. The summed E-state index contributed by atoms with van der Waals surface area (Å²) in [5, 5.41) is 13.2. The number of nitrogens with zero attached hydrogens (tertiary/aromatic N) is 2. The maximum atomic E-state index is 12.9. The van der Waals surface area contributed by atoms with Crippen LogP contribution in [-0.2, 0) is 6.54 Å². The fourth-order valence-corrected chi connectivity index (χ4v) is 5.20. The molecule has 0 unspecified atom stereocenters. The highest BCUT2D eigenvalue weighted by atomic mass is 35.5. The third-order valence-corrected chi connectivity index (χ3v) is 6.91. The van der Waals surface area contributed by atoms with Crippen LogP contribution in [0.5, 0.6) is 5.75 Å². The number of rotatable bonds is 6. The summed E-state index contributed by atoms with van der Waals surface area (Å²) in [7, 11) is 1.62. The van der Waals surface area contributed by atoms with Crippen molar-refractivity contribution < 1.29 is 14.6 Å². The number of carbonyl (C=O) groups is 1. The Labute approximate surface area is 208 Å². The van der Waals surface area contributed by atoms with Gasteiger partial charge in [-0.05, 0) is 41.8 Å². The fraction of sp³-hybridized carbons (Fsp3) is 0.231. The molecule has 0 spiro atoms. The van der Waals surface area contributed by atoms with Crippen LogP contribution in [0.1, 0.15) is 22.3 Å². The number of ether oxygens (including phenoxy) is 1. The number of methoxy groups -OCH3 is 1. The van der Waals surface area contributed by atoms with E-state index in [1.807, 2.05) is 54.6 Å². The minimum Gasteiger partial charge on any atom is -0.494 e. The molecule has 3 aromatic carbocycles. The summed E-state index contributed by atoms with van der Waals surface area (Å²) in [6.07, 6.45) is 0.587. The average Bonchev–Trinajstić information content (AvgIpc) is 3.45. The maximum Gasteiger partial charge on any atom is 0.257 e. The topological polar surface area (TPSA) is 74.7 Å². The van der Waals surface area contributed by atoms with Gasteiger partial charge in [-0.15, -0.1) is 12.4 Å². The zero-order valence-electron chi connectivity index (χ0n) is 18.7. The molecule has 2 heterocycles. The second-order valence-corrected chi connectivity index (χ2v) is 9.21. The molecule has 1 amide bonds. The van der Waals surface area contributed by atoms with E-state index >= 15 is 0 Å². The summed E-state index contributed by atoms with van der Waals surface area (Å²) < 4.78 is 6.48. The average molecular weight is 496 g/mol. The number of halogens is 1. The zero-order valence-corrected chi connectivity index (χ0v) is 20.4. The van der Waals surface area contributed by atoms with Crippen LogP contribution in [-0.4, -0.2) is 47.2 Å². The molecule has 1 fully saturated rings. The first-order valence-corrected chi connectivity index (χ1v) is 11.8. The number of likely N-dealkylation sites (tertiary alicyclic amines) is 1. The standard InChI is InChI=1S/C26H25N3O3S.ClH/c1-32-22-12-11-21(18-5-3-2-4-6-18)24-23(22)27-26(33-24)28-25(31)19-9-7-17(8-10-19)15-29-14-13-20(30)16-29;/h2-12,20,30H,13-16H2,1H3,(H,27,28,31);1H/t20-;/m0./s1. The van der Waals surface area contributed by atoms with Crippen molar-refractivity contribution in [3.05, 3.63) is 77.9 Å². The van der Waals surface area contributed by atoms with Crippen LogP contribution in [0.3, 0.4) is 0 Å². The fourth-order valence-electron chi connectivity index (χ4n) is 4.19. The van der Waals surface area contributed by atoms with Gasteiger partial charge in [0.05, 0.1) is 17.9 Å². The van der Waals surface area contributed by atoms with Crippen LogP contribution in [0.15, 0.2) is 66.7 Å². The van der Waals surface area contributed by atoms with Crippen molar-refractivity contribution in [1.82, 2.24) is 9.88 Å². The monoisotopic (exact) mass is 495 g/mol. The number of fused-ring (bicyclic) bond motifs is 1. The molecule has 0 bridgehead atoms. The molecule has 1 atom stereocenters. The lowest BCUT2D eigenvalue weighted by Gasteiger charge is -2.14. The van der Waals surface area contributed by atoms with E-state index in [1.54, 1.807) is 7.11 Å². The van der Waals surface area contributed by atoms with Crippen LogP contribution in [0.25, 0.3) is 21.3 Å². The van der Waals surface area contributed by atoms with Gasteiger partial charge in [0.15, 0.2) is 5.13 Å². The molecule has 8 heteroatoms. The van der Waals surface area contributed by atoms with Gasteiger partial charge < -0.3 is 9.84 Å². The third kappa shape index (κ3) is 5.08. The lowest BCUT2D eigenvalue weighted by Crippen LogP contribution is -2.21. The molecule has 34 heavy (non-hydrogen) atoms. The number of hydrogen-bond acceptors (Lipinski definition) is 6. The van der Waals surface area contributed by atoms with Gasteiger partial charge in [0.2, 0.25) is 0 Å². The SMILES string of the molecule is COc1ccc(-c2ccccc2)c2sc(NC(=O)c3ccc(CN4CC[C@H](O)C4)cc3)nc12.Cl. The normalized spacial score (nSPS) is 15.8. The van der Waals surface area contributed by atoms with Crippen molar-refractivity contribution >= 4 is 45.0 Å². The molecule has 4 aromatic rings. The van der Waals surface area contributed by atoms with Crippen LogP contribution in [0.2, 0.25) is 0 Å². The van der Waals surface area contributed by atoms with E-state index in [-0.39, 0.29) is 24.4 Å². The van der Waals surface area contributed by atoms with Crippen LogP contribution >= 0.6 is 23.7 Å². The highest BCUT2D eigenvalue weighted by Crippen LogP contribution is 2.39. The first-order chi connectivity index (χ1) is 16.1. The number of aromatic nitrogens is 1. The quantitative estimate of drug-likeness (QED) is 0.384. The van der Waals surface area contributed by atoms with E-state index in [9.17, 15) is 9.90 Å². The summed E-state index contributed by atoms with van der Waals surface area (Å²) >= 11 is 1.44. The molecule has 0 saturated carbocycles. The molecule has 1 aliphatic rings. The van der Waals surface area contributed by atoms with Crippen molar-refractivity contribution in [2.24, 2.45) is 0 Å². The summed E-state index contributed by atoms with van der Waals surface area (Å²) in [5.41, 5.74) is 4.59. The Kier molecular flexibility index (Phi) is 7.48. The molecular formula is C26H26ClN3O3S. The van der Waals surface area contributed by atoms with Crippen molar-refractivity contribution in [2.45, 2.75) is 19.1 Å². The number of anilines is 1. The molecule has 5 rings (SSSR count). The number of hydrogen-bond donors (Lipinski definition) is 2. The van der Waals surface area contributed by atoms with Crippen molar-refractivity contribution in [3.8, 4) is 16.9 Å². The van der Waals surface area contributed by atoms with Gasteiger partial charge in [0, 0.05) is 30.8 Å². The lowest BCUT2D eigenvalue weighted by atomic mass is 10.1. The second kappa shape index (κ2) is 10.5. The van der Waals surface area contributed by atoms with E-state index in [0.29, 0.717) is 23.0 Å². The zero-order chi connectivity index (χ0) is 22.8. The number of benzene rings is 3. The summed E-state index contributed by atoms with van der Waals surface area (Å²) in [5.74, 6) is 0.482. The Morgan fingerprint density at radius 3 is 2.59 bits per heavy atom. The summed E-state index contributed by atoms with van der Waals surface area (Å²) in [6, 6.07) is 21.7. The van der Waals surface area contributed by atoms with E-state index in [0.717, 1.165) is 46.4 Å². The smallest absolute Gasteiger partial charge is 0.257 e. The largest absolute Gasteiger partial charge is 0.494 e. The van der Waals surface area contributed by atoms with Crippen molar-refractivity contribution in [1.29, 1.82) is 0 Å². The molecule has 1 aliphatic heterocycles. The molecule has 0 aliphatic carbocycles. The van der Waals surface area contributed by atoms with Gasteiger partial charge in [-0.2, -0.15) is 0 Å². The van der Waals surface area contributed by atoms with Gasteiger partial charge >= 0.3 is 0 Å². The third-order valence-electron chi connectivity index (χ3n) is 5.90. The number of carbonyl (C=O) groups excluding carboxylic acids is 1. The molecule has 6 nitrogen and oxygen atoms in total. The number of aliphatic hydroxyl groups is 1. The van der Waals surface area contributed by atoms with Crippen LogP contribution < -0.4 is 10.1 Å². The Bertz CT molecular complexity index is 1280. The number of nitrogens with one attached hydrogen (secondary N) is 1. The van der Waals surface area contributed by atoms with Gasteiger partial charge in [-0.1, -0.05) is 53.8 Å². The van der Waals surface area contributed by atoms with Gasteiger partial charge in [0.25, 0.3) is 5.91 Å². The van der Waals surface area contributed by atoms with Gasteiger partial charge in [-0.3, -0.25) is 15.0 Å². The van der Waals surface area contributed by atoms with Crippen LogP contribution in [0, 0.1) is 0 Å². The first kappa shape index (κ1) is 24.2. The van der Waals surface area contributed by atoms with Gasteiger partial charge in [0.1, 0.15) is 11.3 Å². The highest BCUT2D eigenvalue weighted by molar-refractivity contribution is 7.23. The molecular weight excluding hydrogens is 470 g/mol. The Hall–Kier alpha value is -2.97. The lowest BCUT2D eigenvalue weighted by molar-refractivity contribution is 0.102. The first-order valence-electron chi connectivity index (χ1n) is 10.9. The molecule has 1 saturated heterocycles. The van der Waals surface area contributed by atoms with E-state index < -0.39 is 0 Å². The van der Waals surface area contributed by atoms with Crippen molar-refractivity contribution in [2.75, 3.05) is 25.5 Å². The molecule has 1 aromatic heterocycles. The Morgan fingerprint density at radius 2 is 1.91 bits per heavy atom. The van der Waals surface area contributed by atoms with E-state index in [2.05, 4.69) is 27.3 Å². The van der Waals surface area contributed by atoms with Crippen molar-refractivity contribution in [3.63, 3.8) is 0 Å². The summed E-state index contributed by atoms with van der Waals surface area (Å²) in [4.78, 5) is 19.8. The van der Waals surface area contributed by atoms with Crippen LogP contribution in [0.4, 0.5) is 5.13 Å². The maximum absolute atomic E-state index is 12.9. The predicted molar refractivity (Wildman–Crippen MR) is 139 cm³/mol. The molecule has 2 N–H and O–H groups in total. The second-order valence-electron chi connectivity index (χ2n) is 8.21. The number of amides is 1. The minimum atomic E-state index is -0.232. The van der Waals surface area contributed by atoms with E-state index in [1.165, 1.54) is 11.3 Å². The Morgan fingerprint density at radius 1 is 1.15 bits per heavy atom. The number of β-amino-alcohol motifs (C(OH)–C–C–N with tert-alkyl or cyclic N) is 1. The molecule has 0 radical (unpaired) electrons.